The molecule has 1 fully saturated rings. The predicted octanol–water partition coefficient (Wildman–Crippen LogP) is 2.25. The zero-order valence-electron chi connectivity index (χ0n) is 13.0. The van der Waals surface area contributed by atoms with Crippen molar-refractivity contribution in [3.63, 3.8) is 0 Å². The van der Waals surface area contributed by atoms with Crippen LogP contribution >= 0.6 is 12.4 Å². The lowest BCUT2D eigenvalue weighted by Crippen LogP contribution is -2.37. The number of benzene rings is 1. The van der Waals surface area contributed by atoms with E-state index in [1.165, 1.54) is 12.1 Å². The highest BCUT2D eigenvalue weighted by Gasteiger charge is 2.29. The minimum absolute atomic E-state index is 0. The molecule has 0 unspecified atom stereocenters. The van der Waals surface area contributed by atoms with Gasteiger partial charge in [-0.3, -0.25) is 4.79 Å². The number of amides is 1. The summed E-state index contributed by atoms with van der Waals surface area (Å²) in [4.78, 5) is 13.8. The van der Waals surface area contributed by atoms with Crippen LogP contribution in [0.15, 0.2) is 24.3 Å². The van der Waals surface area contributed by atoms with Crippen molar-refractivity contribution in [1.29, 1.82) is 0 Å². The maximum absolute atomic E-state index is 12.2. The first kappa shape index (κ1) is 20.4. The first-order valence-corrected chi connectivity index (χ1v) is 7.35. The van der Waals surface area contributed by atoms with Crippen LogP contribution in [0.25, 0.3) is 0 Å². The summed E-state index contributed by atoms with van der Waals surface area (Å²) in [6, 6.07) is 6.00. The van der Waals surface area contributed by atoms with Crippen LogP contribution in [0.1, 0.15) is 6.42 Å². The molecule has 1 aromatic carbocycles. The number of nitrogens with zero attached hydrogens (tertiary/aromatic N) is 1. The smallest absolute Gasteiger partial charge is 0.422 e. The van der Waals surface area contributed by atoms with Gasteiger partial charge in [0.2, 0.25) is 0 Å². The topological polar surface area (TPSA) is 50.8 Å². The number of para-hydroxylation sites is 2. The molecule has 0 radical (unpaired) electrons. The first-order chi connectivity index (χ1) is 11.0. The standard InChI is InChI=1S/C15H19F3N2O3.ClH/c16-15(17,18)11-23-13-5-2-1-4-12(13)22-10-14(21)20-8-3-6-19-7-9-20;/h1-2,4-5,19H,3,6-11H2;1H. The SMILES string of the molecule is Cl.O=C(COc1ccccc1OCC(F)(F)F)N1CCCNCC1. The zero-order valence-corrected chi connectivity index (χ0v) is 13.8. The van der Waals surface area contributed by atoms with Gasteiger partial charge in [-0.05, 0) is 25.1 Å². The Bertz CT molecular complexity index is 521. The van der Waals surface area contributed by atoms with Gasteiger partial charge in [0, 0.05) is 19.6 Å². The van der Waals surface area contributed by atoms with Gasteiger partial charge in [-0.2, -0.15) is 13.2 Å². The van der Waals surface area contributed by atoms with Crippen molar-refractivity contribution < 1.29 is 27.4 Å². The van der Waals surface area contributed by atoms with E-state index in [4.69, 9.17) is 9.47 Å². The first-order valence-electron chi connectivity index (χ1n) is 7.35. The molecule has 0 aliphatic carbocycles. The predicted molar refractivity (Wildman–Crippen MR) is 84.8 cm³/mol. The molecular weight excluding hydrogens is 349 g/mol. The second-order valence-electron chi connectivity index (χ2n) is 5.12. The third-order valence-electron chi connectivity index (χ3n) is 3.28. The van der Waals surface area contributed by atoms with E-state index in [1.54, 1.807) is 17.0 Å². The normalized spacial score (nSPS) is 15.2. The van der Waals surface area contributed by atoms with E-state index in [0.717, 1.165) is 19.5 Å². The quantitative estimate of drug-likeness (QED) is 0.866. The second kappa shape index (κ2) is 9.58. The van der Waals surface area contributed by atoms with Gasteiger partial charge in [-0.1, -0.05) is 12.1 Å². The van der Waals surface area contributed by atoms with Crippen LogP contribution < -0.4 is 14.8 Å². The lowest BCUT2D eigenvalue weighted by Gasteiger charge is -2.20. The number of nitrogens with one attached hydrogen (secondary N) is 1. The van der Waals surface area contributed by atoms with Gasteiger partial charge in [-0.15, -0.1) is 12.4 Å². The summed E-state index contributed by atoms with van der Waals surface area (Å²) in [6.45, 7) is 1.18. The third kappa shape index (κ3) is 6.84. The molecule has 0 atom stereocenters. The monoisotopic (exact) mass is 368 g/mol. The van der Waals surface area contributed by atoms with Crippen molar-refractivity contribution in [2.45, 2.75) is 12.6 Å². The maximum atomic E-state index is 12.2. The zero-order chi connectivity index (χ0) is 16.7. The minimum atomic E-state index is -4.43. The molecule has 0 saturated carbocycles. The Balaban J connectivity index is 0.00000288. The number of carbonyl (C=O) groups is 1. The molecule has 0 spiro atoms. The van der Waals surface area contributed by atoms with Gasteiger partial charge in [0.15, 0.2) is 24.7 Å². The Morgan fingerprint density at radius 1 is 1.12 bits per heavy atom. The fourth-order valence-corrected chi connectivity index (χ4v) is 2.17. The van der Waals surface area contributed by atoms with E-state index in [-0.39, 0.29) is 36.4 Å². The summed E-state index contributed by atoms with van der Waals surface area (Å²) >= 11 is 0. The van der Waals surface area contributed by atoms with Gasteiger partial charge in [0.25, 0.3) is 5.91 Å². The van der Waals surface area contributed by atoms with E-state index in [2.05, 4.69) is 5.32 Å². The molecule has 0 bridgehead atoms. The van der Waals surface area contributed by atoms with Crippen LogP contribution in [-0.4, -0.2) is 56.4 Å². The highest BCUT2D eigenvalue weighted by molar-refractivity contribution is 5.85. The summed E-state index contributed by atoms with van der Waals surface area (Å²) in [5, 5.41) is 3.18. The van der Waals surface area contributed by atoms with Gasteiger partial charge in [0.05, 0.1) is 0 Å². The number of hydrogen-bond acceptors (Lipinski definition) is 4. The molecule has 5 nitrogen and oxygen atoms in total. The lowest BCUT2D eigenvalue weighted by atomic mass is 10.3. The highest BCUT2D eigenvalue weighted by Crippen LogP contribution is 2.28. The summed E-state index contributed by atoms with van der Waals surface area (Å²) in [5.74, 6) is -0.104. The van der Waals surface area contributed by atoms with Crippen LogP contribution in [0.5, 0.6) is 11.5 Å². The largest absolute Gasteiger partial charge is 0.480 e. The Labute approximate surface area is 144 Å². The highest BCUT2D eigenvalue weighted by atomic mass is 35.5. The molecule has 1 saturated heterocycles. The average molecular weight is 369 g/mol. The van der Waals surface area contributed by atoms with Crippen molar-refractivity contribution in [3.05, 3.63) is 24.3 Å². The number of carbonyl (C=O) groups excluding carboxylic acids is 1. The Morgan fingerprint density at radius 3 is 2.46 bits per heavy atom. The summed E-state index contributed by atoms with van der Waals surface area (Å²) in [6.07, 6.45) is -3.57. The number of alkyl halides is 3. The van der Waals surface area contributed by atoms with E-state index < -0.39 is 12.8 Å². The van der Waals surface area contributed by atoms with E-state index in [9.17, 15) is 18.0 Å². The van der Waals surface area contributed by atoms with Gasteiger partial charge < -0.3 is 19.7 Å². The van der Waals surface area contributed by atoms with Gasteiger partial charge in [-0.25, -0.2) is 0 Å². The van der Waals surface area contributed by atoms with Gasteiger partial charge in [0.1, 0.15) is 0 Å². The summed E-state index contributed by atoms with van der Waals surface area (Å²) in [5.41, 5.74) is 0. The fourth-order valence-electron chi connectivity index (χ4n) is 2.17. The van der Waals surface area contributed by atoms with Crippen LogP contribution in [-0.2, 0) is 4.79 Å². The third-order valence-corrected chi connectivity index (χ3v) is 3.28. The number of halogens is 4. The van der Waals surface area contributed by atoms with Crippen molar-refractivity contribution in [1.82, 2.24) is 10.2 Å². The fraction of sp³-hybridized carbons (Fsp3) is 0.533. The van der Waals surface area contributed by atoms with Crippen LogP contribution in [0.4, 0.5) is 13.2 Å². The van der Waals surface area contributed by atoms with E-state index >= 15 is 0 Å². The van der Waals surface area contributed by atoms with E-state index in [1.807, 2.05) is 0 Å². The summed E-state index contributed by atoms with van der Waals surface area (Å²) in [7, 11) is 0. The minimum Gasteiger partial charge on any atom is -0.480 e. The molecule has 1 amide bonds. The molecular formula is C15H20ClF3N2O3. The molecule has 1 N–H and O–H groups in total. The molecule has 136 valence electrons. The Hall–Kier alpha value is -1.67. The van der Waals surface area contributed by atoms with E-state index in [0.29, 0.717) is 13.1 Å². The number of hydrogen-bond donors (Lipinski definition) is 1. The average Bonchev–Trinajstić information content (AvgIpc) is 2.80. The molecule has 1 aliphatic rings. The molecule has 2 rings (SSSR count). The summed E-state index contributed by atoms with van der Waals surface area (Å²) < 4.78 is 46.8. The van der Waals surface area contributed by atoms with Crippen LogP contribution in [0.3, 0.4) is 0 Å². The molecule has 1 aliphatic heterocycles. The number of rotatable bonds is 5. The van der Waals surface area contributed by atoms with Crippen molar-refractivity contribution in [2.75, 3.05) is 39.4 Å². The van der Waals surface area contributed by atoms with Crippen LogP contribution in [0.2, 0.25) is 0 Å². The van der Waals surface area contributed by atoms with Crippen molar-refractivity contribution in [2.24, 2.45) is 0 Å². The molecule has 0 aromatic heterocycles. The van der Waals surface area contributed by atoms with Gasteiger partial charge >= 0.3 is 6.18 Å². The Kier molecular flexibility index (Phi) is 8.14. The molecule has 24 heavy (non-hydrogen) atoms. The molecule has 1 aromatic rings. The molecule has 1 heterocycles. The van der Waals surface area contributed by atoms with Crippen LogP contribution in [0, 0.1) is 0 Å². The lowest BCUT2D eigenvalue weighted by molar-refractivity contribution is -0.153. The maximum Gasteiger partial charge on any atom is 0.422 e. The van der Waals surface area contributed by atoms with Crippen molar-refractivity contribution in [3.8, 4) is 11.5 Å². The second-order valence-corrected chi connectivity index (χ2v) is 5.12. The Morgan fingerprint density at radius 2 is 1.79 bits per heavy atom. The van der Waals surface area contributed by atoms with Crippen molar-refractivity contribution >= 4 is 18.3 Å². The molecule has 9 heteroatoms. The number of ether oxygens (including phenoxy) is 2.